The van der Waals surface area contributed by atoms with E-state index in [0.717, 1.165) is 18.9 Å². The SMILES string of the molecule is COC(=O)NC(C)C(=O)N1CCN(Cc2ncn[nH]2)CC1. The highest BCUT2D eigenvalue weighted by Gasteiger charge is 2.26. The molecule has 0 radical (unpaired) electrons. The van der Waals surface area contributed by atoms with Crippen molar-refractivity contribution in [2.75, 3.05) is 33.3 Å². The third-order valence-corrected chi connectivity index (χ3v) is 3.41. The fourth-order valence-corrected chi connectivity index (χ4v) is 2.22. The molecule has 1 unspecified atom stereocenters. The minimum Gasteiger partial charge on any atom is -0.453 e. The molecule has 0 aliphatic carbocycles. The van der Waals surface area contributed by atoms with Gasteiger partial charge in [-0.1, -0.05) is 0 Å². The zero-order chi connectivity index (χ0) is 15.2. The Bertz CT molecular complexity index is 469. The number of hydrogen-bond acceptors (Lipinski definition) is 6. The van der Waals surface area contributed by atoms with E-state index in [4.69, 9.17) is 0 Å². The van der Waals surface area contributed by atoms with E-state index in [-0.39, 0.29) is 5.91 Å². The Morgan fingerprint density at radius 2 is 2.14 bits per heavy atom. The standard InChI is InChI=1S/C12H20N6O3/c1-9(15-12(20)21-2)11(19)18-5-3-17(4-6-18)7-10-13-8-14-16-10/h8-9H,3-7H2,1-2H3,(H,15,20)(H,13,14,16). The molecule has 0 aromatic carbocycles. The van der Waals surface area contributed by atoms with Crippen molar-refractivity contribution in [2.24, 2.45) is 0 Å². The number of ether oxygens (including phenoxy) is 1. The topological polar surface area (TPSA) is 103 Å². The van der Waals surface area contributed by atoms with E-state index in [1.165, 1.54) is 13.4 Å². The second-order valence-electron chi connectivity index (χ2n) is 4.89. The van der Waals surface area contributed by atoms with Gasteiger partial charge < -0.3 is 15.0 Å². The lowest BCUT2D eigenvalue weighted by molar-refractivity contribution is -0.134. The van der Waals surface area contributed by atoms with Crippen LogP contribution < -0.4 is 5.32 Å². The van der Waals surface area contributed by atoms with Gasteiger partial charge in [0.25, 0.3) is 0 Å². The Balaban J connectivity index is 1.77. The quantitative estimate of drug-likeness (QED) is 0.753. The van der Waals surface area contributed by atoms with E-state index in [9.17, 15) is 9.59 Å². The number of aromatic nitrogens is 3. The van der Waals surface area contributed by atoms with Gasteiger partial charge in [-0.15, -0.1) is 0 Å². The van der Waals surface area contributed by atoms with Crippen molar-refractivity contribution in [1.29, 1.82) is 0 Å². The number of hydrogen-bond donors (Lipinski definition) is 2. The van der Waals surface area contributed by atoms with Gasteiger partial charge in [-0.2, -0.15) is 5.10 Å². The zero-order valence-electron chi connectivity index (χ0n) is 12.2. The van der Waals surface area contributed by atoms with Crippen molar-refractivity contribution in [2.45, 2.75) is 19.5 Å². The van der Waals surface area contributed by atoms with Crippen molar-refractivity contribution in [3.63, 3.8) is 0 Å². The lowest BCUT2D eigenvalue weighted by atomic mass is 10.2. The van der Waals surface area contributed by atoms with Crippen molar-refractivity contribution in [3.05, 3.63) is 12.2 Å². The minimum absolute atomic E-state index is 0.0975. The molecule has 1 aromatic rings. The second-order valence-corrected chi connectivity index (χ2v) is 4.89. The number of piperazine rings is 1. The number of methoxy groups -OCH3 is 1. The first-order valence-electron chi connectivity index (χ1n) is 6.80. The van der Waals surface area contributed by atoms with Crippen LogP contribution in [0.2, 0.25) is 0 Å². The maximum Gasteiger partial charge on any atom is 0.407 e. The summed E-state index contributed by atoms with van der Waals surface area (Å²) in [5.74, 6) is 0.718. The summed E-state index contributed by atoms with van der Waals surface area (Å²) in [4.78, 5) is 31.3. The normalized spacial score (nSPS) is 17.3. The number of aromatic amines is 1. The minimum atomic E-state index is -0.597. The molecular formula is C12H20N6O3. The summed E-state index contributed by atoms with van der Waals surface area (Å²) in [6.07, 6.45) is 0.884. The lowest BCUT2D eigenvalue weighted by Gasteiger charge is -2.35. The van der Waals surface area contributed by atoms with Crippen LogP contribution in [0.1, 0.15) is 12.7 Å². The van der Waals surface area contributed by atoms with Crippen LogP contribution in [0, 0.1) is 0 Å². The molecule has 21 heavy (non-hydrogen) atoms. The van der Waals surface area contributed by atoms with Gasteiger partial charge in [-0.05, 0) is 6.92 Å². The average molecular weight is 296 g/mol. The van der Waals surface area contributed by atoms with Crippen molar-refractivity contribution in [3.8, 4) is 0 Å². The summed E-state index contributed by atoms with van der Waals surface area (Å²) in [5.41, 5.74) is 0. The van der Waals surface area contributed by atoms with Crippen LogP contribution in [0.25, 0.3) is 0 Å². The summed E-state index contributed by atoms with van der Waals surface area (Å²) in [5, 5.41) is 9.12. The number of alkyl carbamates (subject to hydrolysis) is 1. The van der Waals surface area contributed by atoms with Crippen LogP contribution in [0.3, 0.4) is 0 Å². The Morgan fingerprint density at radius 1 is 1.43 bits per heavy atom. The number of H-pyrrole nitrogens is 1. The zero-order valence-corrected chi connectivity index (χ0v) is 12.2. The maximum absolute atomic E-state index is 12.2. The van der Waals surface area contributed by atoms with Gasteiger partial charge in [-0.3, -0.25) is 14.8 Å². The molecule has 2 rings (SSSR count). The Hall–Kier alpha value is -2.16. The largest absolute Gasteiger partial charge is 0.453 e. The predicted octanol–water partition coefficient (Wildman–Crippen LogP) is -0.807. The highest BCUT2D eigenvalue weighted by atomic mass is 16.5. The van der Waals surface area contributed by atoms with Gasteiger partial charge in [0.15, 0.2) is 0 Å². The molecule has 2 amide bonds. The van der Waals surface area contributed by atoms with E-state index in [1.54, 1.807) is 11.8 Å². The Kier molecular flexibility index (Phi) is 5.09. The van der Waals surface area contributed by atoms with Gasteiger partial charge in [0.05, 0.1) is 13.7 Å². The van der Waals surface area contributed by atoms with Crippen molar-refractivity contribution < 1.29 is 14.3 Å². The monoisotopic (exact) mass is 296 g/mol. The van der Waals surface area contributed by atoms with E-state index in [1.807, 2.05) is 0 Å². The summed E-state index contributed by atoms with van der Waals surface area (Å²) in [6.45, 7) is 5.12. The van der Waals surface area contributed by atoms with Crippen LogP contribution in [0.5, 0.6) is 0 Å². The molecule has 2 N–H and O–H groups in total. The molecule has 116 valence electrons. The molecule has 2 heterocycles. The molecular weight excluding hydrogens is 276 g/mol. The summed E-state index contributed by atoms with van der Waals surface area (Å²) in [7, 11) is 1.27. The van der Waals surface area contributed by atoms with Crippen molar-refractivity contribution >= 4 is 12.0 Å². The van der Waals surface area contributed by atoms with E-state index >= 15 is 0 Å². The number of amides is 2. The van der Waals surface area contributed by atoms with Gasteiger partial charge in [0.1, 0.15) is 18.2 Å². The van der Waals surface area contributed by atoms with Crippen LogP contribution in [-0.2, 0) is 16.1 Å². The van der Waals surface area contributed by atoms with Gasteiger partial charge in [0.2, 0.25) is 5.91 Å². The molecule has 1 atom stereocenters. The fourth-order valence-electron chi connectivity index (χ4n) is 2.22. The third kappa shape index (κ3) is 4.15. The van der Waals surface area contributed by atoms with Crippen LogP contribution in [0.4, 0.5) is 4.79 Å². The maximum atomic E-state index is 12.2. The molecule has 9 heteroatoms. The summed E-state index contributed by atoms with van der Waals surface area (Å²) in [6, 6.07) is -0.585. The molecule has 0 saturated carbocycles. The van der Waals surface area contributed by atoms with E-state index < -0.39 is 12.1 Å². The van der Waals surface area contributed by atoms with Crippen LogP contribution in [-0.4, -0.2) is 76.3 Å². The second kappa shape index (κ2) is 7.02. The average Bonchev–Trinajstić information content (AvgIpc) is 3.00. The molecule has 0 spiro atoms. The highest BCUT2D eigenvalue weighted by molar-refractivity contribution is 5.85. The highest BCUT2D eigenvalue weighted by Crippen LogP contribution is 2.06. The van der Waals surface area contributed by atoms with E-state index in [0.29, 0.717) is 19.6 Å². The molecule has 0 bridgehead atoms. The Labute approximate surface area is 122 Å². The Morgan fingerprint density at radius 3 is 2.71 bits per heavy atom. The van der Waals surface area contributed by atoms with Gasteiger partial charge >= 0.3 is 6.09 Å². The molecule has 1 aromatic heterocycles. The number of carbonyl (C=O) groups excluding carboxylic acids is 2. The first-order chi connectivity index (χ1) is 10.1. The van der Waals surface area contributed by atoms with Crippen LogP contribution >= 0.6 is 0 Å². The first-order valence-corrected chi connectivity index (χ1v) is 6.80. The smallest absolute Gasteiger partial charge is 0.407 e. The number of nitrogens with zero attached hydrogens (tertiary/aromatic N) is 4. The van der Waals surface area contributed by atoms with Crippen molar-refractivity contribution in [1.82, 2.24) is 30.3 Å². The number of rotatable bonds is 4. The number of carbonyl (C=O) groups is 2. The lowest BCUT2D eigenvalue weighted by Crippen LogP contribution is -2.53. The third-order valence-electron chi connectivity index (χ3n) is 3.41. The molecule has 1 aliphatic rings. The molecule has 9 nitrogen and oxygen atoms in total. The summed E-state index contributed by atoms with van der Waals surface area (Å²) >= 11 is 0. The predicted molar refractivity (Wildman–Crippen MR) is 73.2 cm³/mol. The molecule has 1 fully saturated rings. The van der Waals surface area contributed by atoms with Crippen LogP contribution in [0.15, 0.2) is 6.33 Å². The summed E-state index contributed by atoms with van der Waals surface area (Å²) < 4.78 is 4.49. The van der Waals surface area contributed by atoms with Gasteiger partial charge in [0, 0.05) is 26.2 Å². The fraction of sp³-hybridized carbons (Fsp3) is 0.667. The molecule has 1 saturated heterocycles. The molecule has 1 aliphatic heterocycles. The number of nitrogens with one attached hydrogen (secondary N) is 2. The van der Waals surface area contributed by atoms with Gasteiger partial charge in [-0.25, -0.2) is 9.78 Å². The first kappa shape index (κ1) is 15.2. The van der Waals surface area contributed by atoms with E-state index in [2.05, 4.69) is 30.1 Å².